The van der Waals surface area contributed by atoms with Crippen molar-refractivity contribution in [1.29, 1.82) is 0 Å². The van der Waals surface area contributed by atoms with E-state index in [0.717, 1.165) is 23.7 Å². The van der Waals surface area contributed by atoms with Gasteiger partial charge in [0.1, 0.15) is 5.56 Å². The fourth-order valence-corrected chi connectivity index (χ4v) is 5.53. The molecule has 5 nitrogen and oxygen atoms in total. The Balaban J connectivity index is 1.51. The van der Waals surface area contributed by atoms with Gasteiger partial charge in [0, 0.05) is 24.2 Å². The summed E-state index contributed by atoms with van der Waals surface area (Å²) in [6.07, 6.45) is 8.29. The highest BCUT2D eigenvalue weighted by Crippen LogP contribution is 2.36. The van der Waals surface area contributed by atoms with E-state index in [-0.39, 0.29) is 29.1 Å². The predicted octanol–water partition coefficient (Wildman–Crippen LogP) is 4.50. The minimum atomic E-state index is -0.219. The van der Waals surface area contributed by atoms with Crippen molar-refractivity contribution in [2.24, 2.45) is 0 Å². The number of nitrogens with one attached hydrogen (secondary N) is 1. The van der Waals surface area contributed by atoms with Crippen LogP contribution in [-0.2, 0) is 0 Å². The molecular weight excluding hydrogens is 374 g/mol. The molecule has 0 radical (unpaired) electrons. The molecule has 30 heavy (non-hydrogen) atoms. The van der Waals surface area contributed by atoms with Crippen LogP contribution in [0.3, 0.4) is 0 Å². The zero-order chi connectivity index (χ0) is 21.3. The van der Waals surface area contributed by atoms with E-state index in [1.54, 1.807) is 10.6 Å². The zero-order valence-corrected chi connectivity index (χ0v) is 18.6. The van der Waals surface area contributed by atoms with Crippen LogP contribution in [0.4, 0.5) is 0 Å². The van der Waals surface area contributed by atoms with E-state index < -0.39 is 0 Å². The summed E-state index contributed by atoms with van der Waals surface area (Å²) in [5, 5.41) is 4.15. The maximum absolute atomic E-state index is 13.1. The van der Waals surface area contributed by atoms with Gasteiger partial charge in [-0.15, -0.1) is 0 Å². The highest BCUT2D eigenvalue weighted by Gasteiger charge is 2.40. The van der Waals surface area contributed by atoms with Gasteiger partial charge in [0.25, 0.3) is 11.5 Å². The van der Waals surface area contributed by atoms with Gasteiger partial charge in [0.05, 0.1) is 5.52 Å². The van der Waals surface area contributed by atoms with Gasteiger partial charge in [-0.25, -0.2) is 0 Å². The van der Waals surface area contributed by atoms with Crippen LogP contribution in [0.25, 0.3) is 10.9 Å². The minimum absolute atomic E-state index is 0.00245. The average molecular weight is 410 g/mol. The highest BCUT2D eigenvalue weighted by atomic mass is 16.2. The van der Waals surface area contributed by atoms with Crippen LogP contribution in [0.1, 0.15) is 82.1 Å². The molecule has 2 atom stereocenters. The molecule has 162 valence electrons. The zero-order valence-electron chi connectivity index (χ0n) is 18.6. The topological polar surface area (TPSA) is 54.3 Å². The van der Waals surface area contributed by atoms with Crippen molar-refractivity contribution in [2.75, 3.05) is 6.54 Å². The Morgan fingerprint density at radius 2 is 1.83 bits per heavy atom. The maximum Gasteiger partial charge on any atom is 0.264 e. The quantitative estimate of drug-likeness (QED) is 0.685. The van der Waals surface area contributed by atoms with Crippen LogP contribution in [0, 0.1) is 0 Å². The molecule has 0 spiro atoms. The van der Waals surface area contributed by atoms with E-state index in [1.165, 1.54) is 38.6 Å². The van der Waals surface area contributed by atoms with E-state index in [9.17, 15) is 9.59 Å². The average Bonchev–Trinajstić information content (AvgIpc) is 2.95. The van der Waals surface area contributed by atoms with Gasteiger partial charge in [0.2, 0.25) is 0 Å². The number of nitrogens with zero attached hydrogens (tertiary/aromatic N) is 2. The van der Waals surface area contributed by atoms with Crippen molar-refractivity contribution < 1.29 is 4.79 Å². The summed E-state index contributed by atoms with van der Waals surface area (Å²) >= 11 is 0. The number of fused-ring (bicyclic) bond motifs is 3. The number of hydrogen-bond donors (Lipinski definition) is 1. The highest BCUT2D eigenvalue weighted by molar-refractivity contribution is 5.97. The Morgan fingerprint density at radius 3 is 2.50 bits per heavy atom. The summed E-state index contributed by atoms with van der Waals surface area (Å²) in [6.45, 7) is 7.41. The summed E-state index contributed by atoms with van der Waals surface area (Å²) in [5.41, 5.74) is 0.953. The summed E-state index contributed by atoms with van der Waals surface area (Å²) in [5.74, 6) is -0.219. The molecule has 1 N–H and O–H groups in total. The second-order valence-electron chi connectivity index (χ2n) is 9.36. The molecule has 1 amide bonds. The molecule has 2 aliphatic heterocycles. The summed E-state index contributed by atoms with van der Waals surface area (Å²) in [6, 6.07) is 10.9. The van der Waals surface area contributed by atoms with Gasteiger partial charge in [-0.2, -0.15) is 0 Å². The third kappa shape index (κ3) is 4.04. The molecule has 4 rings (SSSR count). The largest absolute Gasteiger partial charge is 0.349 e. The predicted molar refractivity (Wildman–Crippen MR) is 122 cm³/mol. The number of hydrogen-bond acceptors (Lipinski definition) is 3. The van der Waals surface area contributed by atoms with E-state index in [4.69, 9.17) is 0 Å². The van der Waals surface area contributed by atoms with Crippen molar-refractivity contribution in [2.45, 2.75) is 89.9 Å². The number of piperidine rings is 1. The van der Waals surface area contributed by atoms with Crippen LogP contribution in [0.15, 0.2) is 35.1 Å². The number of amides is 1. The smallest absolute Gasteiger partial charge is 0.264 e. The lowest BCUT2D eigenvalue weighted by atomic mass is 9.96. The van der Waals surface area contributed by atoms with Gasteiger partial charge in [-0.05, 0) is 70.0 Å². The Labute approximate surface area is 179 Å². The number of rotatable bonds is 7. The van der Waals surface area contributed by atoms with Gasteiger partial charge in [-0.1, -0.05) is 38.0 Å². The fourth-order valence-electron chi connectivity index (χ4n) is 5.53. The van der Waals surface area contributed by atoms with E-state index in [2.05, 4.69) is 17.1 Å². The van der Waals surface area contributed by atoms with Gasteiger partial charge in [-0.3, -0.25) is 14.5 Å². The second-order valence-corrected chi connectivity index (χ2v) is 9.36. The summed E-state index contributed by atoms with van der Waals surface area (Å²) in [4.78, 5) is 29.0. The van der Waals surface area contributed by atoms with Gasteiger partial charge < -0.3 is 9.88 Å². The SMILES string of the molecule is CCCCCN1[C@@H]2CC[C@@H]1CC(NC(=O)c1cc3ccccc3n(C(C)C)c1=O)C2. The molecule has 2 bridgehead atoms. The molecule has 1 aromatic heterocycles. The first kappa shape index (κ1) is 21.1. The van der Waals surface area contributed by atoms with Crippen molar-refractivity contribution in [3.05, 3.63) is 46.2 Å². The molecule has 3 heterocycles. The first-order valence-electron chi connectivity index (χ1n) is 11.7. The molecule has 0 saturated carbocycles. The molecule has 2 aromatic rings. The number of unbranched alkanes of at least 4 members (excludes halogenated alkanes) is 2. The second kappa shape index (κ2) is 8.93. The van der Waals surface area contributed by atoms with Crippen LogP contribution < -0.4 is 10.9 Å². The Hall–Kier alpha value is -2.14. The normalized spacial score (nSPS) is 23.9. The molecule has 2 saturated heterocycles. The minimum Gasteiger partial charge on any atom is -0.349 e. The van der Waals surface area contributed by atoms with Gasteiger partial charge >= 0.3 is 0 Å². The van der Waals surface area contributed by atoms with Crippen molar-refractivity contribution >= 4 is 16.8 Å². The summed E-state index contributed by atoms with van der Waals surface area (Å²) < 4.78 is 1.74. The lowest BCUT2D eigenvalue weighted by Gasteiger charge is -2.39. The lowest BCUT2D eigenvalue weighted by molar-refractivity contribution is 0.0840. The Morgan fingerprint density at radius 1 is 1.13 bits per heavy atom. The molecule has 5 heteroatoms. The van der Waals surface area contributed by atoms with E-state index in [1.807, 2.05) is 38.1 Å². The molecule has 0 aliphatic carbocycles. The lowest BCUT2D eigenvalue weighted by Crippen LogP contribution is -2.51. The van der Waals surface area contributed by atoms with Crippen molar-refractivity contribution in [1.82, 2.24) is 14.8 Å². The number of carbonyl (C=O) groups excluding carboxylic acids is 1. The van der Waals surface area contributed by atoms with Crippen LogP contribution in [0.2, 0.25) is 0 Å². The number of benzene rings is 1. The number of pyridine rings is 1. The molecule has 2 aliphatic rings. The number of aromatic nitrogens is 1. The first-order chi connectivity index (χ1) is 14.5. The third-order valence-corrected chi connectivity index (χ3v) is 6.95. The molecule has 1 aromatic carbocycles. The standard InChI is InChI=1S/C25H35N3O2/c1-4-5-8-13-27-20-11-12-21(27)16-19(15-20)26-24(29)22-14-18-9-6-7-10-23(18)28(17(2)3)25(22)30/h6-7,9-10,14,17,19-21H,4-5,8,11-13,15-16H2,1-3H3,(H,26,29)/t20-,21-/m1/s1. The molecule has 0 unspecified atom stereocenters. The van der Waals surface area contributed by atoms with E-state index >= 15 is 0 Å². The Kier molecular flexibility index (Phi) is 6.28. The summed E-state index contributed by atoms with van der Waals surface area (Å²) in [7, 11) is 0. The first-order valence-corrected chi connectivity index (χ1v) is 11.7. The Bertz CT molecular complexity index is 951. The fraction of sp³-hybridized carbons (Fsp3) is 0.600. The monoisotopic (exact) mass is 409 g/mol. The number of carbonyl (C=O) groups is 1. The number of para-hydroxylation sites is 1. The third-order valence-electron chi connectivity index (χ3n) is 6.95. The van der Waals surface area contributed by atoms with Gasteiger partial charge in [0.15, 0.2) is 0 Å². The van der Waals surface area contributed by atoms with Crippen LogP contribution >= 0.6 is 0 Å². The van der Waals surface area contributed by atoms with Crippen LogP contribution in [-0.4, -0.2) is 40.0 Å². The molecule has 2 fully saturated rings. The van der Waals surface area contributed by atoms with E-state index in [0.29, 0.717) is 12.1 Å². The molecular formula is C25H35N3O2. The van der Waals surface area contributed by atoms with Crippen LogP contribution in [0.5, 0.6) is 0 Å². The van der Waals surface area contributed by atoms with Crippen molar-refractivity contribution in [3.8, 4) is 0 Å². The van der Waals surface area contributed by atoms with Crippen molar-refractivity contribution in [3.63, 3.8) is 0 Å². The maximum atomic E-state index is 13.1.